The van der Waals surface area contributed by atoms with E-state index in [2.05, 4.69) is 0 Å². The molecule has 0 rings (SSSR count). The zero-order chi connectivity index (χ0) is 14.3. The minimum atomic E-state index is -3.13. The Morgan fingerprint density at radius 2 is 0.444 bits per heavy atom. The van der Waals surface area contributed by atoms with Crippen LogP contribution in [-0.2, 0) is 17.8 Å². The van der Waals surface area contributed by atoms with Crippen molar-refractivity contribution in [3.8, 4) is 0 Å². The van der Waals surface area contributed by atoms with E-state index >= 15 is 0 Å². The van der Waals surface area contributed by atoms with E-state index in [1.54, 1.807) is 0 Å². The molecule has 0 aliphatic rings. The molecule has 0 saturated heterocycles. The van der Waals surface area contributed by atoms with Crippen LogP contribution in [0.5, 0.6) is 0 Å². The van der Waals surface area contributed by atoms with Crippen molar-refractivity contribution in [3.05, 3.63) is 0 Å². The molecule has 100 valence electrons. The van der Waals surface area contributed by atoms with Crippen LogP contribution in [-0.4, -0.2) is 75.0 Å². The first kappa shape index (κ1) is 36.3. The Hall–Kier alpha value is 0.468. The van der Waals surface area contributed by atoms with Crippen LogP contribution >= 0.6 is 0 Å². The predicted molar refractivity (Wildman–Crippen MR) is 45.7 cm³/mol. The van der Waals surface area contributed by atoms with E-state index < -0.39 is 36.7 Å². The molecule has 18 heteroatoms. The Morgan fingerprint density at radius 1 is 0.444 bits per heavy atom. The van der Waals surface area contributed by atoms with Crippen LogP contribution in [0.25, 0.3) is 0 Å². The summed E-state index contributed by atoms with van der Waals surface area (Å²) in [6.07, 6.45) is 0. The average molecular weight is 360 g/mol. The van der Waals surface area contributed by atoms with Crippen LogP contribution in [0.1, 0.15) is 2.85 Å². The second-order valence-corrected chi connectivity index (χ2v) is 3.39. The molecule has 18 heavy (non-hydrogen) atoms. The Labute approximate surface area is 153 Å². The second kappa shape index (κ2) is 30.5. The molecule has 0 aliphatic heterocycles. The summed E-state index contributed by atoms with van der Waals surface area (Å²) in [5.41, 5.74) is 0. The number of hydrogen-bond acceptors (Lipinski definition) is 4. The standard InChI is InChI=1S/2Na.4H2O3Si.2H/c;;4*1-4(2)3;;/h;;4*1-2H;;/q2*+1;;;;;2*-1. The first-order chi connectivity index (χ1) is 6.93. The normalized spacial score (nSPS) is 5.33. The van der Waals surface area contributed by atoms with Crippen LogP contribution < -0.4 is 59.1 Å². The van der Waals surface area contributed by atoms with Gasteiger partial charge in [0.25, 0.3) is 0 Å². The molecule has 0 bridgehead atoms. The number of hydrogen-bond donors (Lipinski definition) is 8. The molecule has 0 fully saturated rings. The van der Waals surface area contributed by atoms with Crippen molar-refractivity contribution in [3.63, 3.8) is 0 Å². The van der Waals surface area contributed by atoms with E-state index in [9.17, 15) is 0 Å². The molecule has 12 nitrogen and oxygen atoms in total. The van der Waals surface area contributed by atoms with Crippen molar-refractivity contribution in [2.45, 2.75) is 0 Å². The van der Waals surface area contributed by atoms with Gasteiger partial charge in [0.1, 0.15) is 0 Å². The molecule has 0 aromatic rings. The van der Waals surface area contributed by atoms with Gasteiger partial charge in [-0.05, 0) is 0 Å². The van der Waals surface area contributed by atoms with Gasteiger partial charge in [-0.1, -0.05) is 0 Å². The van der Waals surface area contributed by atoms with Crippen LogP contribution in [0.2, 0.25) is 0 Å². The van der Waals surface area contributed by atoms with E-state index in [0.29, 0.717) is 0 Å². The van der Waals surface area contributed by atoms with Crippen molar-refractivity contribution in [2.75, 3.05) is 0 Å². The zero-order valence-corrected chi connectivity index (χ0v) is 17.2. The smallest absolute Gasteiger partial charge is 1.00 e. The summed E-state index contributed by atoms with van der Waals surface area (Å²) in [4.78, 5) is 57.3. The first-order valence-corrected chi connectivity index (χ1v) is 7.82. The topological polar surface area (TPSA) is 230 Å². The molecule has 0 aliphatic carbocycles. The van der Waals surface area contributed by atoms with Gasteiger partial charge < -0.3 is 41.2 Å². The van der Waals surface area contributed by atoms with Gasteiger partial charge in [0.15, 0.2) is 0 Å². The van der Waals surface area contributed by atoms with Gasteiger partial charge in [-0.2, -0.15) is 0 Å². The molecule has 0 unspecified atom stereocenters. The van der Waals surface area contributed by atoms with Gasteiger partial charge in [-0.25, -0.2) is 0 Å². The van der Waals surface area contributed by atoms with Crippen molar-refractivity contribution >= 4 is 36.7 Å². The molecule has 0 saturated carbocycles. The summed E-state index contributed by atoms with van der Waals surface area (Å²) in [6, 6.07) is 0. The van der Waals surface area contributed by atoms with Gasteiger partial charge in [0.2, 0.25) is 0 Å². The molecule has 0 aromatic heterocycles. The summed E-state index contributed by atoms with van der Waals surface area (Å²) in [7, 11) is -12.5. The van der Waals surface area contributed by atoms with E-state index in [0.717, 1.165) is 0 Å². The van der Waals surface area contributed by atoms with Crippen LogP contribution in [0.4, 0.5) is 0 Å². The molecule has 0 heterocycles. The van der Waals surface area contributed by atoms with Crippen LogP contribution in [0, 0.1) is 0 Å². The molecular weight excluding hydrogens is 350 g/mol. The third kappa shape index (κ3) is 18000. The molecule has 8 N–H and O–H groups in total. The average Bonchev–Trinajstić information content (AvgIpc) is 1.76. The van der Waals surface area contributed by atoms with E-state index in [-0.39, 0.29) is 62.0 Å². The fourth-order valence-electron chi connectivity index (χ4n) is 0. The van der Waals surface area contributed by atoms with Crippen molar-refractivity contribution in [1.82, 2.24) is 0 Å². The maximum atomic E-state index is 8.74. The zero-order valence-electron chi connectivity index (χ0n) is 11.2. The largest absolute Gasteiger partial charge is 1.00 e. The Balaban J connectivity index is -0.0000000150. The maximum absolute atomic E-state index is 8.74. The van der Waals surface area contributed by atoms with Gasteiger partial charge >= 0.3 is 95.8 Å². The SMILES string of the molecule is O=[Si](O)O.O=[Si](O)O.O=[Si](O)O.O=[Si](O)O.[H-].[H-].[Na+].[Na+]. The van der Waals surface area contributed by atoms with Crippen LogP contribution in [0.15, 0.2) is 0 Å². The van der Waals surface area contributed by atoms with Crippen LogP contribution in [0.3, 0.4) is 0 Å². The molecule has 0 spiro atoms. The summed E-state index contributed by atoms with van der Waals surface area (Å²) in [6.45, 7) is 0. The van der Waals surface area contributed by atoms with E-state index in [1.165, 1.54) is 0 Å². The first-order valence-electron chi connectivity index (χ1n) is 2.61. The van der Waals surface area contributed by atoms with Gasteiger partial charge in [-0.3, -0.25) is 17.8 Å². The fraction of sp³-hybridized carbons (Fsp3) is 0. The summed E-state index contributed by atoms with van der Waals surface area (Å²) < 4.78 is 35.0. The van der Waals surface area contributed by atoms with Crippen molar-refractivity contribution in [2.24, 2.45) is 0 Å². The minimum absolute atomic E-state index is 0. The molecular formula is H10Na2O12Si4. The van der Waals surface area contributed by atoms with Crippen molar-refractivity contribution in [1.29, 1.82) is 0 Å². The fourth-order valence-corrected chi connectivity index (χ4v) is 0. The Morgan fingerprint density at radius 3 is 0.444 bits per heavy atom. The molecule has 0 amide bonds. The quantitative estimate of drug-likeness (QED) is 0.188. The van der Waals surface area contributed by atoms with E-state index in [4.69, 9.17) is 56.2 Å². The van der Waals surface area contributed by atoms with Gasteiger partial charge in [0, 0.05) is 0 Å². The summed E-state index contributed by atoms with van der Waals surface area (Å²) >= 11 is 0. The Kier molecular flexibility index (Phi) is 61.4. The second-order valence-electron chi connectivity index (χ2n) is 1.13. The molecule has 0 aromatic carbocycles. The summed E-state index contributed by atoms with van der Waals surface area (Å²) in [5, 5.41) is 0. The van der Waals surface area contributed by atoms with E-state index in [1.807, 2.05) is 0 Å². The number of rotatable bonds is 0. The van der Waals surface area contributed by atoms with Gasteiger partial charge in [-0.15, -0.1) is 0 Å². The maximum Gasteiger partial charge on any atom is 1.00 e. The van der Waals surface area contributed by atoms with Gasteiger partial charge in [0.05, 0.1) is 0 Å². The predicted octanol–water partition coefficient (Wildman–Crippen LogP) is -12.2. The monoisotopic (exact) mass is 360 g/mol. The Bertz CT molecular complexity index is 171. The third-order valence-electron chi connectivity index (χ3n) is 0. The van der Waals surface area contributed by atoms with Crippen molar-refractivity contribution < 1.29 is 118 Å². The minimum Gasteiger partial charge on any atom is -1.00 e. The molecule has 0 atom stereocenters. The molecule has 0 radical (unpaired) electrons. The summed E-state index contributed by atoms with van der Waals surface area (Å²) in [5.74, 6) is 0. The third-order valence-corrected chi connectivity index (χ3v) is 0.